The SMILES string of the molecule is COP(C)OC[C@H]1O[C@@H](C)[C@@H](C)C1C. The monoisotopic (exact) mass is 220 g/mol. The summed E-state index contributed by atoms with van der Waals surface area (Å²) >= 11 is 0. The molecule has 0 aromatic carbocycles. The second kappa shape index (κ2) is 5.41. The van der Waals surface area contributed by atoms with Crippen LogP contribution in [0.4, 0.5) is 0 Å². The van der Waals surface area contributed by atoms with Gasteiger partial charge in [0.25, 0.3) is 0 Å². The van der Waals surface area contributed by atoms with Crippen LogP contribution in [0.5, 0.6) is 0 Å². The smallest absolute Gasteiger partial charge is 0.166 e. The average molecular weight is 220 g/mol. The zero-order valence-corrected chi connectivity index (χ0v) is 10.6. The molecular weight excluding hydrogens is 199 g/mol. The first-order chi connectivity index (χ1) is 6.56. The average Bonchev–Trinajstić information content (AvgIpc) is 2.42. The first-order valence-electron chi connectivity index (χ1n) is 5.12. The topological polar surface area (TPSA) is 27.7 Å². The molecule has 0 bridgehead atoms. The van der Waals surface area contributed by atoms with Crippen molar-refractivity contribution in [2.24, 2.45) is 11.8 Å². The minimum absolute atomic E-state index is 0.236. The van der Waals surface area contributed by atoms with Crippen molar-refractivity contribution in [2.75, 3.05) is 20.4 Å². The fourth-order valence-corrected chi connectivity index (χ4v) is 2.17. The molecule has 1 aliphatic rings. The third-order valence-corrected chi connectivity index (χ3v) is 4.25. The molecule has 1 heterocycles. The van der Waals surface area contributed by atoms with Gasteiger partial charge in [-0.25, -0.2) is 0 Å². The predicted molar refractivity (Wildman–Crippen MR) is 58.5 cm³/mol. The standard InChI is InChI=1S/C10H21O3P/c1-7-8(2)10(13-9(7)3)6-12-14(5)11-4/h7-10H,6H2,1-5H3/t7-,8?,9-,10+,14?/m0/s1. The van der Waals surface area contributed by atoms with Crippen molar-refractivity contribution in [3.05, 3.63) is 0 Å². The van der Waals surface area contributed by atoms with Gasteiger partial charge in [-0.15, -0.1) is 0 Å². The Hall–Kier alpha value is 0.310. The summed E-state index contributed by atoms with van der Waals surface area (Å²) in [6.07, 6.45) is 0.587. The van der Waals surface area contributed by atoms with E-state index in [0.717, 1.165) is 0 Å². The molecule has 1 fully saturated rings. The van der Waals surface area contributed by atoms with Gasteiger partial charge in [0.2, 0.25) is 0 Å². The highest BCUT2D eigenvalue weighted by molar-refractivity contribution is 7.46. The van der Waals surface area contributed by atoms with E-state index < -0.39 is 8.38 Å². The van der Waals surface area contributed by atoms with E-state index in [1.165, 1.54) is 0 Å². The van der Waals surface area contributed by atoms with Crippen LogP contribution in [0, 0.1) is 11.8 Å². The van der Waals surface area contributed by atoms with Crippen LogP contribution in [-0.2, 0) is 13.8 Å². The highest BCUT2D eigenvalue weighted by Gasteiger charge is 2.36. The number of rotatable bonds is 4. The van der Waals surface area contributed by atoms with Gasteiger partial charge in [0, 0.05) is 13.8 Å². The van der Waals surface area contributed by atoms with Crippen molar-refractivity contribution in [3.8, 4) is 0 Å². The zero-order chi connectivity index (χ0) is 10.7. The molecule has 0 radical (unpaired) electrons. The largest absolute Gasteiger partial charge is 0.372 e. The van der Waals surface area contributed by atoms with Gasteiger partial charge >= 0.3 is 0 Å². The van der Waals surface area contributed by atoms with E-state index in [-0.39, 0.29) is 6.10 Å². The molecule has 0 aliphatic carbocycles. The zero-order valence-electron chi connectivity index (χ0n) is 9.69. The predicted octanol–water partition coefficient (Wildman–Crippen LogP) is 2.65. The van der Waals surface area contributed by atoms with E-state index >= 15 is 0 Å². The first kappa shape index (κ1) is 12.4. The Balaban J connectivity index is 2.32. The molecular formula is C10H21O3P. The molecule has 1 saturated heterocycles. The van der Waals surface area contributed by atoms with Crippen molar-refractivity contribution in [1.29, 1.82) is 0 Å². The molecule has 0 saturated carbocycles. The molecule has 0 spiro atoms. The third kappa shape index (κ3) is 2.90. The molecule has 1 aliphatic heterocycles. The summed E-state index contributed by atoms with van der Waals surface area (Å²) in [5.41, 5.74) is 0. The Morgan fingerprint density at radius 3 is 2.29 bits per heavy atom. The van der Waals surface area contributed by atoms with E-state index in [0.29, 0.717) is 24.5 Å². The molecule has 0 aromatic rings. The second-order valence-corrected chi connectivity index (χ2v) is 5.52. The molecule has 84 valence electrons. The van der Waals surface area contributed by atoms with E-state index in [1.54, 1.807) is 7.11 Å². The summed E-state index contributed by atoms with van der Waals surface area (Å²) in [4.78, 5) is 0. The number of hydrogen-bond donors (Lipinski definition) is 0. The number of hydrogen-bond acceptors (Lipinski definition) is 3. The van der Waals surface area contributed by atoms with Gasteiger partial charge in [-0.1, -0.05) is 13.8 Å². The lowest BCUT2D eigenvalue weighted by Crippen LogP contribution is -2.21. The van der Waals surface area contributed by atoms with E-state index in [2.05, 4.69) is 20.8 Å². The maximum absolute atomic E-state index is 5.81. The normalized spacial score (nSPS) is 40.1. The van der Waals surface area contributed by atoms with Gasteiger partial charge in [-0.2, -0.15) is 0 Å². The summed E-state index contributed by atoms with van der Waals surface area (Å²) < 4.78 is 16.5. The van der Waals surface area contributed by atoms with Crippen molar-refractivity contribution < 1.29 is 13.8 Å². The molecule has 0 aromatic heterocycles. The Morgan fingerprint density at radius 1 is 1.21 bits per heavy atom. The van der Waals surface area contributed by atoms with Crippen LogP contribution in [0.3, 0.4) is 0 Å². The van der Waals surface area contributed by atoms with Gasteiger partial charge < -0.3 is 13.8 Å². The van der Waals surface area contributed by atoms with E-state index in [1.807, 2.05) is 6.66 Å². The lowest BCUT2D eigenvalue weighted by atomic mass is 9.91. The summed E-state index contributed by atoms with van der Waals surface area (Å²) in [6, 6.07) is 0. The van der Waals surface area contributed by atoms with Crippen LogP contribution in [0.2, 0.25) is 0 Å². The Morgan fingerprint density at radius 2 is 1.86 bits per heavy atom. The van der Waals surface area contributed by atoms with Crippen LogP contribution < -0.4 is 0 Å². The van der Waals surface area contributed by atoms with Crippen LogP contribution in [-0.4, -0.2) is 32.6 Å². The van der Waals surface area contributed by atoms with Crippen LogP contribution in [0.15, 0.2) is 0 Å². The second-order valence-electron chi connectivity index (χ2n) is 4.02. The molecule has 4 heteroatoms. The Kier molecular flexibility index (Phi) is 4.78. The minimum Gasteiger partial charge on any atom is -0.372 e. The molecule has 0 amide bonds. The van der Waals surface area contributed by atoms with Gasteiger partial charge in [0.1, 0.15) is 0 Å². The first-order valence-corrected chi connectivity index (χ1v) is 6.75. The summed E-state index contributed by atoms with van der Waals surface area (Å²) in [6.45, 7) is 9.22. The van der Waals surface area contributed by atoms with Crippen molar-refractivity contribution in [1.82, 2.24) is 0 Å². The molecule has 14 heavy (non-hydrogen) atoms. The quantitative estimate of drug-likeness (QED) is 0.682. The maximum Gasteiger partial charge on any atom is 0.166 e. The van der Waals surface area contributed by atoms with Gasteiger partial charge in [0.05, 0.1) is 18.8 Å². The Labute approximate surface area is 88.0 Å². The maximum atomic E-state index is 5.81. The van der Waals surface area contributed by atoms with Gasteiger partial charge in [-0.3, -0.25) is 0 Å². The lowest BCUT2D eigenvalue weighted by molar-refractivity contribution is 0.0131. The third-order valence-electron chi connectivity index (χ3n) is 3.22. The van der Waals surface area contributed by atoms with E-state index in [9.17, 15) is 0 Å². The lowest BCUT2D eigenvalue weighted by Gasteiger charge is -2.18. The molecule has 3 nitrogen and oxygen atoms in total. The fourth-order valence-electron chi connectivity index (χ4n) is 1.71. The van der Waals surface area contributed by atoms with Gasteiger partial charge in [0.15, 0.2) is 8.38 Å². The molecule has 1 rings (SSSR count). The van der Waals surface area contributed by atoms with Crippen molar-refractivity contribution in [2.45, 2.75) is 33.0 Å². The van der Waals surface area contributed by atoms with Gasteiger partial charge in [-0.05, 0) is 18.8 Å². The summed E-state index contributed by atoms with van der Waals surface area (Å²) in [5, 5.41) is 0. The van der Waals surface area contributed by atoms with Crippen LogP contribution in [0.1, 0.15) is 20.8 Å². The summed E-state index contributed by atoms with van der Waals surface area (Å²) in [5.74, 6) is 1.19. The highest BCUT2D eigenvalue weighted by atomic mass is 31.2. The van der Waals surface area contributed by atoms with Crippen LogP contribution in [0.25, 0.3) is 0 Å². The fraction of sp³-hybridized carbons (Fsp3) is 1.00. The number of ether oxygens (including phenoxy) is 1. The van der Waals surface area contributed by atoms with E-state index in [4.69, 9.17) is 13.8 Å². The highest BCUT2D eigenvalue weighted by Crippen LogP contribution is 2.36. The summed E-state index contributed by atoms with van der Waals surface area (Å²) in [7, 11) is 0.954. The molecule has 0 N–H and O–H groups in total. The molecule has 5 atom stereocenters. The molecule has 2 unspecified atom stereocenters. The van der Waals surface area contributed by atoms with Crippen molar-refractivity contribution in [3.63, 3.8) is 0 Å². The Bertz CT molecular complexity index is 177. The van der Waals surface area contributed by atoms with Crippen molar-refractivity contribution >= 4 is 8.38 Å². The van der Waals surface area contributed by atoms with Crippen LogP contribution >= 0.6 is 8.38 Å². The minimum atomic E-state index is -0.722.